The molecule has 2 aromatic carbocycles. The summed E-state index contributed by atoms with van der Waals surface area (Å²) in [7, 11) is 5.44. The normalized spacial score (nSPS) is 13.0. The highest BCUT2D eigenvalue weighted by Crippen LogP contribution is 2.38. The number of benzene rings is 2. The number of aromatic nitrogens is 4. The number of hydrogen-bond acceptors (Lipinski definition) is 13. The van der Waals surface area contributed by atoms with Crippen LogP contribution in [0.15, 0.2) is 48.5 Å². The molecule has 0 saturated carbocycles. The number of fused-ring (bicyclic) bond motifs is 2. The quantitative estimate of drug-likeness (QED) is 0.153. The van der Waals surface area contributed by atoms with Crippen LogP contribution in [0.4, 0.5) is 11.6 Å². The zero-order chi connectivity index (χ0) is 36.9. The highest BCUT2D eigenvalue weighted by molar-refractivity contribution is 7.19. The number of ether oxygens (including phenoxy) is 2. The van der Waals surface area contributed by atoms with Gasteiger partial charge in [-0.05, 0) is 94.4 Å². The van der Waals surface area contributed by atoms with Gasteiger partial charge >= 0.3 is 0 Å². The van der Waals surface area contributed by atoms with Gasteiger partial charge in [-0.25, -0.2) is 19.9 Å². The van der Waals surface area contributed by atoms with Crippen LogP contribution in [-0.4, -0.2) is 85.4 Å². The molecule has 1 fully saturated rings. The molecule has 0 aliphatic carbocycles. The summed E-state index contributed by atoms with van der Waals surface area (Å²) in [6, 6.07) is 20.1. The van der Waals surface area contributed by atoms with Gasteiger partial charge in [0.25, 0.3) is 0 Å². The summed E-state index contributed by atoms with van der Waals surface area (Å²) >= 11 is 2.87. The van der Waals surface area contributed by atoms with Crippen LogP contribution in [0.1, 0.15) is 34.7 Å². The number of likely N-dealkylation sites (N-methyl/N-ethyl adjacent to an activating group) is 1. The van der Waals surface area contributed by atoms with Gasteiger partial charge in [0.1, 0.15) is 54.7 Å². The molecule has 0 spiro atoms. The van der Waals surface area contributed by atoms with Gasteiger partial charge in [-0.15, -0.1) is 22.7 Å². The van der Waals surface area contributed by atoms with Gasteiger partial charge in [-0.2, -0.15) is 10.5 Å². The lowest BCUT2D eigenvalue weighted by Gasteiger charge is -2.33. The monoisotopic (exact) mass is 731 g/mol. The summed E-state index contributed by atoms with van der Waals surface area (Å²) in [5, 5.41) is 20.9. The molecule has 0 bridgehead atoms. The Balaban J connectivity index is 0.000000179. The molecule has 6 aromatic rings. The van der Waals surface area contributed by atoms with Gasteiger partial charge in [-0.3, -0.25) is 0 Å². The molecule has 1 saturated heterocycles. The Bertz CT molecular complexity index is 2280. The van der Waals surface area contributed by atoms with Crippen LogP contribution in [-0.2, 0) is 0 Å². The predicted molar refractivity (Wildman–Crippen MR) is 211 cm³/mol. The van der Waals surface area contributed by atoms with Crippen LogP contribution >= 0.6 is 22.7 Å². The molecule has 0 atom stereocenters. The van der Waals surface area contributed by atoms with Crippen LogP contribution in [0, 0.1) is 36.5 Å². The Morgan fingerprint density at radius 3 is 1.62 bits per heavy atom. The number of piperazine rings is 1. The number of nitrogens with zero attached hydrogens (tertiary/aromatic N) is 9. The third-order valence-corrected chi connectivity index (χ3v) is 11.5. The van der Waals surface area contributed by atoms with E-state index < -0.39 is 0 Å². The van der Waals surface area contributed by atoms with E-state index in [9.17, 15) is 10.5 Å². The summed E-state index contributed by atoms with van der Waals surface area (Å²) in [4.78, 5) is 29.3. The highest BCUT2D eigenvalue weighted by Gasteiger charge is 2.24. The van der Waals surface area contributed by atoms with Crippen molar-refractivity contribution in [1.82, 2.24) is 24.8 Å². The largest absolute Gasteiger partial charge is 0.497 e. The summed E-state index contributed by atoms with van der Waals surface area (Å²) in [6.07, 6.45) is 0. The molecule has 5 heterocycles. The predicted octanol–water partition coefficient (Wildman–Crippen LogP) is 7.69. The molecule has 0 unspecified atom stereocenters. The second kappa shape index (κ2) is 15.9. The Morgan fingerprint density at radius 1 is 0.692 bits per heavy atom. The van der Waals surface area contributed by atoms with Crippen LogP contribution < -0.4 is 19.3 Å². The van der Waals surface area contributed by atoms with Crippen molar-refractivity contribution in [3.05, 3.63) is 69.4 Å². The minimum Gasteiger partial charge on any atom is -0.497 e. The van der Waals surface area contributed by atoms with Gasteiger partial charge in [-0.1, -0.05) is 0 Å². The van der Waals surface area contributed by atoms with Crippen LogP contribution in [0.3, 0.4) is 0 Å². The van der Waals surface area contributed by atoms with E-state index in [1.807, 2.05) is 62.4 Å². The van der Waals surface area contributed by atoms with Gasteiger partial charge in [0.05, 0.1) is 25.0 Å². The van der Waals surface area contributed by atoms with Crippen LogP contribution in [0.2, 0.25) is 0 Å². The fraction of sp³-hybridized carbons (Fsp3) is 0.333. The molecular formula is C39H41N9O2S2. The maximum absolute atomic E-state index is 9.48. The van der Waals surface area contributed by atoms with Gasteiger partial charge in [0.15, 0.2) is 11.6 Å². The van der Waals surface area contributed by atoms with E-state index in [2.05, 4.69) is 47.7 Å². The first-order valence-electron chi connectivity index (χ1n) is 17.1. The van der Waals surface area contributed by atoms with E-state index in [0.717, 1.165) is 105 Å². The van der Waals surface area contributed by atoms with E-state index in [1.165, 1.54) is 22.7 Å². The van der Waals surface area contributed by atoms with Gasteiger partial charge in [0.2, 0.25) is 0 Å². The summed E-state index contributed by atoms with van der Waals surface area (Å²) in [5.74, 6) is 4.79. The minimum absolute atomic E-state index is 0.669. The van der Waals surface area contributed by atoms with Crippen molar-refractivity contribution in [2.75, 3.05) is 70.3 Å². The fourth-order valence-electron chi connectivity index (χ4n) is 6.19. The zero-order valence-corrected chi connectivity index (χ0v) is 32.2. The van der Waals surface area contributed by atoms with E-state index >= 15 is 0 Å². The average Bonchev–Trinajstić information content (AvgIpc) is 3.70. The molecule has 52 heavy (non-hydrogen) atoms. The molecular weight excluding hydrogens is 691 g/mol. The van der Waals surface area contributed by atoms with Crippen LogP contribution in [0.25, 0.3) is 43.2 Å². The number of aryl methyl sites for hydroxylation is 2. The van der Waals surface area contributed by atoms with Crippen molar-refractivity contribution in [1.29, 1.82) is 10.5 Å². The number of anilines is 2. The number of methoxy groups -OCH3 is 2. The third kappa shape index (κ3) is 7.21. The van der Waals surface area contributed by atoms with Crippen molar-refractivity contribution in [2.24, 2.45) is 0 Å². The SMILES string of the molecule is CCN(CC)c1nc(-c2ccc(OC)cc2)nc2sc(C#N)c(C)c12.COc1ccc(-c2nc(N3CCN(C)CC3)c3c(C)c(C#N)sc3n2)cc1. The fourth-order valence-corrected chi connectivity index (χ4v) is 8.13. The molecule has 11 nitrogen and oxygen atoms in total. The van der Waals surface area contributed by atoms with E-state index in [1.54, 1.807) is 14.2 Å². The minimum atomic E-state index is 0.669. The Labute approximate surface area is 312 Å². The third-order valence-electron chi connectivity index (χ3n) is 9.31. The number of nitriles is 2. The maximum Gasteiger partial charge on any atom is 0.163 e. The average molecular weight is 732 g/mol. The van der Waals surface area contributed by atoms with E-state index in [4.69, 9.17) is 29.4 Å². The molecule has 266 valence electrons. The molecule has 1 aliphatic heterocycles. The summed E-state index contributed by atoms with van der Waals surface area (Å²) in [5.41, 5.74) is 3.82. The van der Waals surface area contributed by atoms with Crippen molar-refractivity contribution in [3.8, 4) is 46.4 Å². The van der Waals surface area contributed by atoms with Crippen molar-refractivity contribution >= 4 is 54.7 Å². The number of hydrogen-bond donors (Lipinski definition) is 0. The molecule has 1 aliphatic rings. The number of rotatable bonds is 8. The summed E-state index contributed by atoms with van der Waals surface area (Å²) < 4.78 is 10.5. The lowest BCUT2D eigenvalue weighted by atomic mass is 10.1. The molecule has 4 aromatic heterocycles. The van der Waals surface area contributed by atoms with Gasteiger partial charge < -0.3 is 24.2 Å². The molecule has 0 amide bonds. The van der Waals surface area contributed by atoms with Crippen molar-refractivity contribution < 1.29 is 9.47 Å². The topological polar surface area (TPSA) is 127 Å². The molecule has 7 rings (SSSR count). The lowest BCUT2D eigenvalue weighted by Crippen LogP contribution is -2.45. The second-order valence-corrected chi connectivity index (χ2v) is 14.4. The maximum atomic E-state index is 9.48. The van der Waals surface area contributed by atoms with Crippen molar-refractivity contribution in [3.63, 3.8) is 0 Å². The van der Waals surface area contributed by atoms with Crippen molar-refractivity contribution in [2.45, 2.75) is 27.7 Å². The Kier molecular flexibility index (Phi) is 11.2. The molecule has 0 N–H and O–H groups in total. The first-order chi connectivity index (χ1) is 25.2. The first-order valence-corrected chi connectivity index (χ1v) is 18.8. The Hall–Kier alpha value is -5.34. The lowest BCUT2D eigenvalue weighted by molar-refractivity contribution is 0.312. The summed E-state index contributed by atoms with van der Waals surface area (Å²) in [6.45, 7) is 13.7. The van der Waals surface area contributed by atoms with E-state index in [-0.39, 0.29) is 0 Å². The first kappa shape index (κ1) is 36.5. The molecule has 13 heteroatoms. The highest BCUT2D eigenvalue weighted by atomic mass is 32.1. The number of thiophene rings is 2. The second-order valence-electron chi connectivity index (χ2n) is 12.4. The standard InChI is InChI=1S/C20H21N5OS.C19H20N4OS/c1-13-16(12-21)27-20-17(13)19(25-10-8-24(2)9-11-25)22-18(23-20)14-4-6-15(26-3)7-5-14;1-5-23(6-2)18-16-12(3)15(11-20)25-19(16)22-17(21-18)13-7-9-14(24-4)10-8-13/h4-7H,8-11H2,1-3H3;7-10H,5-6H2,1-4H3. The van der Waals surface area contributed by atoms with E-state index in [0.29, 0.717) is 21.4 Å². The van der Waals surface area contributed by atoms with Gasteiger partial charge in [0, 0.05) is 50.4 Å². The van der Waals surface area contributed by atoms with Crippen LogP contribution in [0.5, 0.6) is 11.5 Å². The Morgan fingerprint density at radius 2 is 1.15 bits per heavy atom. The zero-order valence-electron chi connectivity index (χ0n) is 30.5. The molecule has 0 radical (unpaired) electrons. The smallest absolute Gasteiger partial charge is 0.163 e.